The summed E-state index contributed by atoms with van der Waals surface area (Å²) in [7, 11) is 0. The zero-order valence-corrected chi connectivity index (χ0v) is 29.3. The van der Waals surface area contributed by atoms with Crippen molar-refractivity contribution >= 4 is 43.6 Å². The Morgan fingerprint density at radius 1 is 0.404 bits per heavy atom. The first kappa shape index (κ1) is 29.3. The van der Waals surface area contributed by atoms with Gasteiger partial charge in [0.05, 0.1) is 22.1 Å². The lowest BCUT2D eigenvalue weighted by Crippen LogP contribution is -2.17. The second-order valence-corrected chi connectivity index (χ2v) is 16.4. The van der Waals surface area contributed by atoms with Crippen LogP contribution in [-0.2, 0) is 0 Å². The van der Waals surface area contributed by atoms with Crippen LogP contribution in [0.2, 0.25) is 0 Å². The van der Waals surface area contributed by atoms with Crippen LogP contribution >= 0.6 is 0 Å². The van der Waals surface area contributed by atoms with E-state index in [-0.39, 0.29) is 0 Å². The first-order chi connectivity index (χ1) is 25.8. The fourth-order valence-electron chi connectivity index (χ4n) is 11.7. The lowest BCUT2D eigenvalue weighted by molar-refractivity contribution is 0.413. The first-order valence-corrected chi connectivity index (χ1v) is 19.6. The van der Waals surface area contributed by atoms with Crippen molar-refractivity contribution in [3.05, 3.63) is 126 Å². The van der Waals surface area contributed by atoms with Crippen molar-refractivity contribution in [3.63, 3.8) is 0 Å². The third-order valence-corrected chi connectivity index (χ3v) is 13.8. The highest BCUT2D eigenvalue weighted by Crippen LogP contribution is 2.58. The molecule has 4 aliphatic rings. The van der Waals surface area contributed by atoms with Crippen LogP contribution in [0.5, 0.6) is 0 Å². The molecule has 0 amide bonds. The van der Waals surface area contributed by atoms with Crippen molar-refractivity contribution in [1.29, 1.82) is 0 Å². The molecule has 5 aromatic carbocycles. The fourth-order valence-corrected chi connectivity index (χ4v) is 11.7. The summed E-state index contributed by atoms with van der Waals surface area (Å²) >= 11 is 0. The van der Waals surface area contributed by atoms with E-state index in [1.807, 2.05) is 0 Å². The maximum Gasteiger partial charge on any atom is 0.240 e. The smallest absolute Gasteiger partial charge is 0.240 e. The molecule has 12 rings (SSSR count). The maximum absolute atomic E-state index is 5.63. The molecule has 52 heavy (non-hydrogen) atoms. The molecule has 6 unspecified atom stereocenters. The maximum atomic E-state index is 5.63. The Labute approximate surface area is 303 Å². The van der Waals surface area contributed by atoms with Crippen LogP contribution in [0.4, 0.5) is 0 Å². The molecule has 4 bridgehead atoms. The Kier molecular flexibility index (Phi) is 6.26. The fraction of sp³-hybridized carbons (Fsp3) is 0.298. The number of para-hydroxylation sites is 4. The molecular formula is C47H41N5. The molecule has 3 heterocycles. The van der Waals surface area contributed by atoms with Crippen molar-refractivity contribution in [1.82, 2.24) is 24.1 Å². The van der Waals surface area contributed by atoms with Gasteiger partial charge in [0.15, 0.2) is 5.82 Å². The average Bonchev–Trinajstić information content (AvgIpc) is 4.07. The molecular weight excluding hydrogens is 635 g/mol. The Morgan fingerprint density at radius 3 is 1.17 bits per heavy atom. The number of hydrogen-bond acceptors (Lipinski definition) is 3. The predicted molar refractivity (Wildman–Crippen MR) is 210 cm³/mol. The van der Waals surface area contributed by atoms with E-state index in [0.717, 1.165) is 51.6 Å². The van der Waals surface area contributed by atoms with E-state index in [4.69, 9.17) is 15.0 Å². The van der Waals surface area contributed by atoms with E-state index in [0.29, 0.717) is 23.7 Å². The average molecular weight is 676 g/mol. The summed E-state index contributed by atoms with van der Waals surface area (Å²) < 4.78 is 4.56. The number of nitrogens with zero attached hydrogens (tertiary/aromatic N) is 5. The monoisotopic (exact) mass is 675 g/mol. The molecule has 6 atom stereocenters. The normalized spacial score (nSPS) is 25.1. The summed E-state index contributed by atoms with van der Waals surface area (Å²) in [6.07, 6.45) is 10.8. The van der Waals surface area contributed by atoms with Gasteiger partial charge in [-0.2, -0.15) is 15.0 Å². The largest absolute Gasteiger partial charge is 0.278 e. The third kappa shape index (κ3) is 4.19. The minimum absolute atomic E-state index is 0.567. The SMILES string of the molecule is c1cc(C2CC3CCC2C3)c(-c2nc(-n3c4ccccc4c4ccccc43)nc(-n3c4ccccc4c4ccccc43)n2)c(C2CC3CCC2C3)c1. The van der Waals surface area contributed by atoms with Crippen LogP contribution in [0.3, 0.4) is 0 Å². The molecule has 4 saturated carbocycles. The van der Waals surface area contributed by atoms with E-state index in [9.17, 15) is 0 Å². The number of fused-ring (bicyclic) bond motifs is 10. The van der Waals surface area contributed by atoms with Gasteiger partial charge in [-0.25, -0.2) is 0 Å². The number of hydrogen-bond donors (Lipinski definition) is 0. The highest BCUT2D eigenvalue weighted by atomic mass is 15.3. The molecule has 4 fully saturated rings. The molecule has 0 spiro atoms. The lowest BCUT2D eigenvalue weighted by Gasteiger charge is -2.29. The Hall–Kier alpha value is -5.29. The van der Waals surface area contributed by atoms with E-state index >= 15 is 0 Å². The van der Waals surface area contributed by atoms with Gasteiger partial charge >= 0.3 is 0 Å². The van der Waals surface area contributed by atoms with Crippen molar-refractivity contribution in [3.8, 4) is 23.3 Å². The Morgan fingerprint density at radius 2 is 0.808 bits per heavy atom. The minimum Gasteiger partial charge on any atom is -0.278 e. The number of benzene rings is 5. The predicted octanol–water partition coefficient (Wildman–Crippen LogP) is 11.5. The van der Waals surface area contributed by atoms with Gasteiger partial charge in [0.25, 0.3) is 0 Å². The molecule has 254 valence electrons. The van der Waals surface area contributed by atoms with E-state index in [1.165, 1.54) is 89.6 Å². The van der Waals surface area contributed by atoms with E-state index < -0.39 is 0 Å². The summed E-state index contributed by atoms with van der Waals surface area (Å²) in [5.74, 6) is 6.56. The van der Waals surface area contributed by atoms with Gasteiger partial charge in [-0.15, -0.1) is 0 Å². The first-order valence-electron chi connectivity index (χ1n) is 19.6. The van der Waals surface area contributed by atoms with Crippen LogP contribution < -0.4 is 0 Å². The molecule has 8 aromatic rings. The Bertz CT molecular complexity index is 2430. The highest BCUT2D eigenvalue weighted by Gasteiger charge is 2.44. The van der Waals surface area contributed by atoms with Gasteiger partial charge in [-0.3, -0.25) is 9.13 Å². The number of rotatable bonds is 5. The summed E-state index contributed by atoms with van der Waals surface area (Å²) in [5.41, 5.74) is 8.74. The molecule has 5 nitrogen and oxygen atoms in total. The summed E-state index contributed by atoms with van der Waals surface area (Å²) in [6.45, 7) is 0. The zero-order chi connectivity index (χ0) is 33.9. The van der Waals surface area contributed by atoms with Crippen molar-refractivity contribution in [2.24, 2.45) is 23.7 Å². The zero-order valence-electron chi connectivity index (χ0n) is 29.3. The van der Waals surface area contributed by atoms with Crippen LogP contribution in [0.25, 0.3) is 66.9 Å². The van der Waals surface area contributed by atoms with Gasteiger partial charge in [0.1, 0.15) is 0 Å². The van der Waals surface area contributed by atoms with Gasteiger partial charge in [0.2, 0.25) is 11.9 Å². The van der Waals surface area contributed by atoms with Gasteiger partial charge in [0, 0.05) is 27.1 Å². The van der Waals surface area contributed by atoms with Crippen LogP contribution in [-0.4, -0.2) is 24.1 Å². The van der Waals surface area contributed by atoms with Crippen molar-refractivity contribution in [2.45, 2.75) is 63.2 Å². The lowest BCUT2D eigenvalue weighted by atomic mass is 9.76. The second kappa shape index (κ2) is 11.1. The van der Waals surface area contributed by atoms with Crippen molar-refractivity contribution in [2.75, 3.05) is 0 Å². The highest BCUT2D eigenvalue weighted by molar-refractivity contribution is 6.10. The quantitative estimate of drug-likeness (QED) is 0.182. The molecule has 3 aromatic heterocycles. The van der Waals surface area contributed by atoms with E-state index in [1.54, 1.807) is 0 Å². The van der Waals surface area contributed by atoms with Crippen molar-refractivity contribution < 1.29 is 0 Å². The Balaban J connectivity index is 1.19. The third-order valence-electron chi connectivity index (χ3n) is 13.8. The van der Waals surface area contributed by atoms with Gasteiger partial charge < -0.3 is 0 Å². The molecule has 0 radical (unpaired) electrons. The summed E-state index contributed by atoms with van der Waals surface area (Å²) in [4.78, 5) is 16.7. The van der Waals surface area contributed by atoms with Gasteiger partial charge in [-0.1, -0.05) is 104 Å². The van der Waals surface area contributed by atoms with Crippen LogP contribution in [0.1, 0.15) is 74.3 Å². The molecule has 0 saturated heterocycles. The molecule has 4 aliphatic carbocycles. The van der Waals surface area contributed by atoms with Crippen LogP contribution in [0.15, 0.2) is 115 Å². The van der Waals surface area contributed by atoms with Gasteiger partial charge in [-0.05, 0) is 109 Å². The number of aromatic nitrogens is 5. The summed E-state index contributed by atoms with van der Waals surface area (Å²) in [5, 5.41) is 4.85. The van der Waals surface area contributed by atoms with E-state index in [2.05, 4.69) is 124 Å². The molecule has 0 aliphatic heterocycles. The second-order valence-electron chi connectivity index (χ2n) is 16.4. The topological polar surface area (TPSA) is 48.5 Å². The minimum atomic E-state index is 0.567. The molecule has 5 heteroatoms. The standard InChI is InChI=1S/C47H41N5/c1-5-16-40-32(10-1)33-11-2-6-17-41(33)51(40)46-48-45(49-47(50-46)52-42-18-7-3-12-34(42)35-13-4-8-19-43(35)52)44-36(38-26-28-20-22-30(38)24-28)14-9-15-37(44)39-27-29-21-23-31(39)25-29/h1-19,28-31,38-39H,20-27H2. The molecule has 0 N–H and O–H groups in total. The summed E-state index contributed by atoms with van der Waals surface area (Å²) in [6, 6.07) is 42.1. The van der Waals surface area contributed by atoms with Crippen LogP contribution in [0, 0.1) is 23.7 Å².